The number of rotatable bonds is 2. The van der Waals surface area contributed by atoms with E-state index in [0.29, 0.717) is 5.95 Å². The van der Waals surface area contributed by atoms with Gasteiger partial charge in [0.25, 0.3) is 0 Å². The van der Waals surface area contributed by atoms with Crippen LogP contribution in [0, 0.1) is 0 Å². The summed E-state index contributed by atoms with van der Waals surface area (Å²) in [5, 5.41) is 12.2. The van der Waals surface area contributed by atoms with E-state index in [9.17, 15) is 0 Å². The van der Waals surface area contributed by atoms with E-state index >= 15 is 0 Å². The molecular formula is C44H23N3O2. The lowest BCUT2D eigenvalue weighted by Crippen LogP contribution is -2.03. The van der Waals surface area contributed by atoms with Gasteiger partial charge in [-0.05, 0) is 57.9 Å². The minimum absolute atomic E-state index is 0.637. The van der Waals surface area contributed by atoms with Crippen molar-refractivity contribution in [1.82, 2.24) is 14.5 Å². The summed E-state index contributed by atoms with van der Waals surface area (Å²) in [7, 11) is 0. The molecule has 0 amide bonds. The molecule has 0 fully saturated rings. The number of hydrogen-bond donors (Lipinski definition) is 0. The van der Waals surface area contributed by atoms with Gasteiger partial charge in [0.05, 0.1) is 27.6 Å². The van der Waals surface area contributed by atoms with Gasteiger partial charge in [-0.2, -0.15) is 0 Å². The lowest BCUT2D eigenvalue weighted by atomic mass is 9.93. The Hall–Kier alpha value is -6.72. The van der Waals surface area contributed by atoms with Gasteiger partial charge in [0, 0.05) is 37.9 Å². The molecule has 0 spiro atoms. The summed E-state index contributed by atoms with van der Waals surface area (Å²) in [5.74, 6) is 0.637. The molecule has 0 bridgehead atoms. The van der Waals surface area contributed by atoms with Crippen LogP contribution in [0.5, 0.6) is 0 Å². The van der Waals surface area contributed by atoms with E-state index in [-0.39, 0.29) is 0 Å². The third-order valence-corrected chi connectivity index (χ3v) is 10.3. The lowest BCUT2D eigenvalue weighted by molar-refractivity contribution is 0.663. The molecule has 49 heavy (non-hydrogen) atoms. The summed E-state index contributed by atoms with van der Waals surface area (Å²) < 4.78 is 15.6. The van der Waals surface area contributed by atoms with E-state index in [1.165, 1.54) is 5.39 Å². The summed E-state index contributed by atoms with van der Waals surface area (Å²) in [6.07, 6.45) is 0. The molecule has 5 heteroatoms. The van der Waals surface area contributed by atoms with Crippen molar-refractivity contribution in [2.45, 2.75) is 0 Å². The second kappa shape index (κ2) is 9.00. The molecule has 0 radical (unpaired) electrons. The van der Waals surface area contributed by atoms with Gasteiger partial charge in [-0.1, -0.05) is 103 Å². The smallest absolute Gasteiger partial charge is 0.235 e. The maximum absolute atomic E-state index is 6.92. The van der Waals surface area contributed by atoms with Crippen LogP contribution in [0.3, 0.4) is 0 Å². The van der Waals surface area contributed by atoms with Crippen LogP contribution < -0.4 is 0 Å². The largest absolute Gasteiger partial charge is 0.456 e. The van der Waals surface area contributed by atoms with Gasteiger partial charge in [-0.25, -0.2) is 9.97 Å². The quantitative estimate of drug-likeness (QED) is 0.192. The molecule has 4 aromatic heterocycles. The zero-order chi connectivity index (χ0) is 31.8. The molecular weight excluding hydrogens is 603 g/mol. The molecule has 0 saturated carbocycles. The van der Waals surface area contributed by atoms with Crippen molar-refractivity contribution in [3.63, 3.8) is 0 Å². The molecule has 0 aliphatic carbocycles. The number of fused-ring (bicyclic) bond motifs is 8. The molecule has 0 aliphatic rings. The fourth-order valence-corrected chi connectivity index (χ4v) is 8.36. The van der Waals surface area contributed by atoms with Crippen LogP contribution in [0.2, 0.25) is 0 Å². The van der Waals surface area contributed by atoms with E-state index < -0.39 is 0 Å². The van der Waals surface area contributed by atoms with E-state index in [1.54, 1.807) is 0 Å². The maximum Gasteiger partial charge on any atom is 0.235 e. The minimum Gasteiger partial charge on any atom is -0.456 e. The van der Waals surface area contributed by atoms with E-state index in [4.69, 9.17) is 18.8 Å². The molecule has 12 rings (SSSR count). The second-order valence-electron chi connectivity index (χ2n) is 12.9. The van der Waals surface area contributed by atoms with Crippen LogP contribution in [0.25, 0.3) is 115 Å². The Morgan fingerprint density at radius 1 is 0.408 bits per heavy atom. The highest BCUT2D eigenvalue weighted by Gasteiger charge is 2.26. The zero-order valence-corrected chi connectivity index (χ0v) is 25.9. The first-order valence-electron chi connectivity index (χ1n) is 16.5. The van der Waals surface area contributed by atoms with Crippen molar-refractivity contribution in [2.75, 3.05) is 0 Å². The molecule has 0 unspecified atom stereocenters. The molecule has 4 heterocycles. The average Bonchev–Trinajstić information content (AvgIpc) is 3.83. The first-order chi connectivity index (χ1) is 24.3. The van der Waals surface area contributed by atoms with Crippen LogP contribution in [0.1, 0.15) is 0 Å². The zero-order valence-electron chi connectivity index (χ0n) is 25.9. The van der Waals surface area contributed by atoms with Crippen molar-refractivity contribution in [2.24, 2.45) is 0 Å². The van der Waals surface area contributed by atoms with Crippen LogP contribution in [0.4, 0.5) is 0 Å². The molecule has 0 N–H and O–H groups in total. The van der Waals surface area contributed by atoms with Gasteiger partial charge in [0.15, 0.2) is 0 Å². The van der Waals surface area contributed by atoms with Gasteiger partial charge in [-0.3, -0.25) is 4.57 Å². The molecule has 8 aromatic carbocycles. The van der Waals surface area contributed by atoms with Crippen molar-refractivity contribution in [1.29, 1.82) is 0 Å². The topological polar surface area (TPSA) is 57.0 Å². The van der Waals surface area contributed by atoms with Crippen LogP contribution in [-0.4, -0.2) is 14.5 Å². The lowest BCUT2D eigenvalue weighted by Gasteiger charge is -2.11. The SMILES string of the molecule is c1ccc(-c2nc(-n3c4cccc5c6ccccc6c6cc7oc8ccccc8c7c7oc8ccc3c(c8c67)c54)nc3ccccc23)cc1. The van der Waals surface area contributed by atoms with Gasteiger partial charge in [0.2, 0.25) is 5.95 Å². The maximum atomic E-state index is 6.92. The van der Waals surface area contributed by atoms with E-state index in [2.05, 4.69) is 120 Å². The number of nitrogens with zero attached hydrogens (tertiary/aromatic N) is 3. The van der Waals surface area contributed by atoms with Crippen molar-refractivity contribution < 1.29 is 8.83 Å². The van der Waals surface area contributed by atoms with Crippen LogP contribution in [0.15, 0.2) is 148 Å². The van der Waals surface area contributed by atoms with Crippen molar-refractivity contribution >= 4 is 98.1 Å². The summed E-state index contributed by atoms with van der Waals surface area (Å²) in [6.45, 7) is 0. The number of hydrogen-bond acceptors (Lipinski definition) is 4. The molecule has 5 nitrogen and oxygen atoms in total. The second-order valence-corrected chi connectivity index (χ2v) is 12.9. The summed E-state index contributed by atoms with van der Waals surface area (Å²) in [5.41, 5.74) is 8.33. The monoisotopic (exact) mass is 625 g/mol. The van der Waals surface area contributed by atoms with Crippen LogP contribution >= 0.6 is 0 Å². The van der Waals surface area contributed by atoms with Crippen LogP contribution in [-0.2, 0) is 0 Å². The highest BCUT2D eigenvalue weighted by atomic mass is 16.3. The normalized spacial score (nSPS) is 12.5. The first-order valence-corrected chi connectivity index (χ1v) is 16.5. The Bertz CT molecular complexity index is 3330. The number of furan rings is 2. The highest BCUT2D eigenvalue weighted by Crippen LogP contribution is 2.49. The Kier molecular flexibility index (Phi) is 4.66. The third-order valence-electron chi connectivity index (χ3n) is 10.3. The number of benzene rings is 7. The van der Waals surface area contributed by atoms with Gasteiger partial charge < -0.3 is 8.83 Å². The standard InChI is InChI=1S/C44H23N3O2/c1-2-11-24(12-3-1)42-28-15-6-8-18-31(28)45-44(46-42)47-32-19-10-17-27-25-13-4-5-14-26(25)30-23-36-38(29-16-7-9-20-34(29)48-36)43-39(30)41-35(49-43)22-21-33(47)40(41)37(27)32/h1-23H. The van der Waals surface area contributed by atoms with Crippen molar-refractivity contribution in [3.8, 4) is 17.2 Å². The third kappa shape index (κ3) is 3.19. The Labute approximate surface area is 277 Å². The summed E-state index contributed by atoms with van der Waals surface area (Å²) >= 11 is 0. The first kappa shape index (κ1) is 25.4. The van der Waals surface area contributed by atoms with E-state index in [1.807, 2.05) is 24.3 Å². The fraction of sp³-hybridized carbons (Fsp3) is 0. The Morgan fingerprint density at radius 3 is 2.00 bits per heavy atom. The predicted molar refractivity (Wildman–Crippen MR) is 200 cm³/mol. The summed E-state index contributed by atoms with van der Waals surface area (Å²) in [6, 6.07) is 48.7. The average molecular weight is 626 g/mol. The molecule has 0 atom stereocenters. The Morgan fingerprint density at radius 2 is 1.12 bits per heavy atom. The highest BCUT2D eigenvalue weighted by molar-refractivity contribution is 6.41. The molecule has 0 aliphatic heterocycles. The van der Waals surface area contributed by atoms with Gasteiger partial charge in [-0.15, -0.1) is 0 Å². The van der Waals surface area contributed by atoms with Gasteiger partial charge >= 0.3 is 0 Å². The molecule has 12 aromatic rings. The number of aromatic nitrogens is 3. The summed E-state index contributed by atoms with van der Waals surface area (Å²) in [4.78, 5) is 10.6. The Balaban J connectivity index is 1.34. The predicted octanol–water partition coefficient (Wildman–Crippen LogP) is 11.9. The van der Waals surface area contributed by atoms with Gasteiger partial charge in [0.1, 0.15) is 22.3 Å². The van der Waals surface area contributed by atoms with E-state index in [0.717, 1.165) is 104 Å². The van der Waals surface area contributed by atoms with Crippen molar-refractivity contribution in [3.05, 3.63) is 140 Å². The number of para-hydroxylation sites is 2. The minimum atomic E-state index is 0.637. The molecule has 0 saturated heterocycles. The molecule has 226 valence electrons. The fourth-order valence-electron chi connectivity index (χ4n) is 8.36.